The Morgan fingerprint density at radius 1 is 1.44 bits per heavy atom. The molecule has 0 aliphatic heterocycles. The van der Waals surface area contributed by atoms with Crippen LogP contribution in [-0.2, 0) is 0 Å². The van der Waals surface area contributed by atoms with Gasteiger partial charge in [0.05, 0.1) is 13.2 Å². The van der Waals surface area contributed by atoms with E-state index in [2.05, 4.69) is 0 Å². The van der Waals surface area contributed by atoms with Crippen LogP contribution >= 0.6 is 11.6 Å². The molecule has 0 radical (unpaired) electrons. The SMILES string of the molecule is COc1ccc(Cl)cc1C(O)C(O)CCN. The van der Waals surface area contributed by atoms with Gasteiger partial charge in [-0.15, -0.1) is 0 Å². The van der Waals surface area contributed by atoms with Crippen LogP contribution in [0.4, 0.5) is 0 Å². The summed E-state index contributed by atoms with van der Waals surface area (Å²) in [7, 11) is 1.49. The van der Waals surface area contributed by atoms with Gasteiger partial charge in [0.2, 0.25) is 0 Å². The summed E-state index contributed by atoms with van der Waals surface area (Å²) in [6.07, 6.45) is -1.65. The molecule has 0 aliphatic carbocycles. The summed E-state index contributed by atoms with van der Waals surface area (Å²) < 4.78 is 5.09. The Bertz CT molecular complexity index is 346. The second-order valence-corrected chi connectivity index (χ2v) is 3.91. The van der Waals surface area contributed by atoms with E-state index in [4.69, 9.17) is 22.1 Å². The van der Waals surface area contributed by atoms with Gasteiger partial charge in [-0.25, -0.2) is 0 Å². The van der Waals surface area contributed by atoms with Crippen molar-refractivity contribution in [3.63, 3.8) is 0 Å². The molecule has 0 saturated heterocycles. The number of hydrogen-bond donors (Lipinski definition) is 3. The number of aliphatic hydroxyl groups is 2. The Morgan fingerprint density at radius 3 is 2.69 bits per heavy atom. The fourth-order valence-corrected chi connectivity index (χ4v) is 1.65. The summed E-state index contributed by atoms with van der Waals surface area (Å²) in [6.45, 7) is 0.307. The first-order valence-corrected chi connectivity index (χ1v) is 5.37. The zero-order chi connectivity index (χ0) is 12.1. The lowest BCUT2D eigenvalue weighted by Gasteiger charge is -2.19. The average molecular weight is 246 g/mol. The van der Waals surface area contributed by atoms with E-state index in [0.29, 0.717) is 29.3 Å². The minimum absolute atomic E-state index is 0.307. The van der Waals surface area contributed by atoms with Gasteiger partial charge in [0.15, 0.2) is 0 Å². The lowest BCUT2D eigenvalue weighted by molar-refractivity contribution is 0.0137. The number of ether oxygens (including phenoxy) is 1. The molecule has 4 N–H and O–H groups in total. The van der Waals surface area contributed by atoms with Crippen LogP contribution in [0, 0.1) is 0 Å². The maximum Gasteiger partial charge on any atom is 0.124 e. The van der Waals surface area contributed by atoms with Crippen LogP contribution in [0.3, 0.4) is 0 Å². The van der Waals surface area contributed by atoms with Crippen molar-refractivity contribution in [1.29, 1.82) is 0 Å². The zero-order valence-electron chi connectivity index (χ0n) is 9.06. The first-order valence-electron chi connectivity index (χ1n) is 4.99. The highest BCUT2D eigenvalue weighted by Gasteiger charge is 2.21. The topological polar surface area (TPSA) is 75.7 Å². The largest absolute Gasteiger partial charge is 0.496 e. The van der Waals surface area contributed by atoms with Gasteiger partial charge < -0.3 is 20.7 Å². The normalized spacial score (nSPS) is 14.6. The Labute approximate surface area is 99.6 Å². The van der Waals surface area contributed by atoms with E-state index in [1.54, 1.807) is 18.2 Å². The zero-order valence-corrected chi connectivity index (χ0v) is 9.81. The number of rotatable bonds is 5. The van der Waals surface area contributed by atoms with Gasteiger partial charge in [0.1, 0.15) is 11.9 Å². The summed E-state index contributed by atoms with van der Waals surface area (Å²) in [5.74, 6) is 0.493. The van der Waals surface area contributed by atoms with Crippen LogP contribution in [0.1, 0.15) is 18.1 Å². The number of aliphatic hydroxyl groups excluding tert-OH is 2. The molecule has 4 nitrogen and oxygen atoms in total. The summed E-state index contributed by atoms with van der Waals surface area (Å²) in [5.41, 5.74) is 5.79. The van der Waals surface area contributed by atoms with Crippen LogP contribution in [0.5, 0.6) is 5.75 Å². The highest BCUT2D eigenvalue weighted by Crippen LogP contribution is 2.30. The van der Waals surface area contributed by atoms with Gasteiger partial charge >= 0.3 is 0 Å². The lowest BCUT2D eigenvalue weighted by atomic mass is 10.0. The molecule has 2 atom stereocenters. The quantitative estimate of drug-likeness (QED) is 0.726. The molecule has 0 aliphatic rings. The van der Waals surface area contributed by atoms with E-state index in [9.17, 15) is 10.2 Å². The second-order valence-electron chi connectivity index (χ2n) is 3.48. The second kappa shape index (κ2) is 6.06. The predicted molar refractivity (Wildman–Crippen MR) is 62.6 cm³/mol. The summed E-state index contributed by atoms with van der Waals surface area (Å²) in [6, 6.07) is 4.88. The molecule has 0 saturated carbocycles. The molecule has 1 aromatic rings. The molecular formula is C11H16ClNO3. The van der Waals surface area contributed by atoms with E-state index in [1.165, 1.54) is 7.11 Å². The Kier molecular flexibility index (Phi) is 5.02. The minimum Gasteiger partial charge on any atom is -0.496 e. The van der Waals surface area contributed by atoms with Crippen molar-refractivity contribution in [1.82, 2.24) is 0 Å². The van der Waals surface area contributed by atoms with E-state index in [0.717, 1.165) is 0 Å². The highest BCUT2D eigenvalue weighted by molar-refractivity contribution is 6.30. The van der Waals surface area contributed by atoms with Gasteiger partial charge in [-0.2, -0.15) is 0 Å². The fourth-order valence-electron chi connectivity index (χ4n) is 1.47. The predicted octanol–water partition coefficient (Wildman–Crippen LogP) is 1.09. The maximum atomic E-state index is 9.91. The molecule has 0 spiro atoms. The van der Waals surface area contributed by atoms with Crippen molar-refractivity contribution >= 4 is 11.6 Å². The van der Waals surface area contributed by atoms with Crippen molar-refractivity contribution in [2.45, 2.75) is 18.6 Å². The molecule has 0 amide bonds. The van der Waals surface area contributed by atoms with Crippen LogP contribution in [-0.4, -0.2) is 30.0 Å². The number of methoxy groups -OCH3 is 1. The summed E-state index contributed by atoms with van der Waals surface area (Å²) >= 11 is 5.83. The summed E-state index contributed by atoms with van der Waals surface area (Å²) in [5, 5.41) is 20.0. The van der Waals surface area contributed by atoms with Crippen LogP contribution in [0.2, 0.25) is 5.02 Å². The van der Waals surface area contributed by atoms with Gasteiger partial charge in [-0.1, -0.05) is 11.6 Å². The van der Waals surface area contributed by atoms with Gasteiger partial charge in [0.25, 0.3) is 0 Å². The molecule has 90 valence electrons. The van der Waals surface area contributed by atoms with Gasteiger partial charge in [-0.3, -0.25) is 0 Å². The molecule has 0 fully saturated rings. The van der Waals surface area contributed by atoms with E-state index in [-0.39, 0.29) is 0 Å². The molecular weight excluding hydrogens is 230 g/mol. The molecule has 1 aromatic carbocycles. The number of hydrogen-bond acceptors (Lipinski definition) is 4. The third-order valence-corrected chi connectivity index (χ3v) is 2.57. The number of halogens is 1. The molecule has 0 bridgehead atoms. The van der Waals surface area contributed by atoms with Crippen LogP contribution in [0.15, 0.2) is 18.2 Å². The molecule has 5 heteroatoms. The smallest absolute Gasteiger partial charge is 0.124 e. The van der Waals surface area contributed by atoms with Crippen LogP contribution < -0.4 is 10.5 Å². The van der Waals surface area contributed by atoms with E-state index >= 15 is 0 Å². The van der Waals surface area contributed by atoms with Gasteiger partial charge in [0, 0.05) is 10.6 Å². The standard InChI is InChI=1S/C11H16ClNO3/c1-16-10-3-2-7(12)6-8(10)11(15)9(14)4-5-13/h2-3,6,9,11,14-15H,4-5,13H2,1H3. The van der Waals surface area contributed by atoms with Crippen molar-refractivity contribution < 1.29 is 14.9 Å². The van der Waals surface area contributed by atoms with Crippen molar-refractivity contribution in [2.24, 2.45) is 5.73 Å². The fraction of sp³-hybridized carbons (Fsp3) is 0.455. The number of nitrogens with two attached hydrogens (primary N) is 1. The van der Waals surface area contributed by atoms with Crippen molar-refractivity contribution in [3.05, 3.63) is 28.8 Å². The third-order valence-electron chi connectivity index (χ3n) is 2.34. The summed E-state index contributed by atoms with van der Waals surface area (Å²) in [4.78, 5) is 0. The monoisotopic (exact) mass is 245 g/mol. The van der Waals surface area contributed by atoms with Gasteiger partial charge in [-0.05, 0) is 31.2 Å². The Hall–Kier alpha value is -0.810. The Morgan fingerprint density at radius 2 is 2.12 bits per heavy atom. The van der Waals surface area contributed by atoms with E-state index in [1.807, 2.05) is 0 Å². The molecule has 2 unspecified atom stereocenters. The lowest BCUT2D eigenvalue weighted by Crippen LogP contribution is -2.22. The first kappa shape index (κ1) is 13.3. The maximum absolute atomic E-state index is 9.91. The molecule has 16 heavy (non-hydrogen) atoms. The Balaban J connectivity index is 2.96. The average Bonchev–Trinajstić information content (AvgIpc) is 2.28. The van der Waals surface area contributed by atoms with Crippen LogP contribution in [0.25, 0.3) is 0 Å². The van der Waals surface area contributed by atoms with Crippen molar-refractivity contribution in [2.75, 3.05) is 13.7 Å². The molecule has 0 aromatic heterocycles. The van der Waals surface area contributed by atoms with E-state index < -0.39 is 12.2 Å². The third kappa shape index (κ3) is 3.09. The highest BCUT2D eigenvalue weighted by atomic mass is 35.5. The van der Waals surface area contributed by atoms with Crippen molar-refractivity contribution in [3.8, 4) is 5.75 Å². The first-order chi connectivity index (χ1) is 7.60. The minimum atomic E-state index is -1.04. The number of benzene rings is 1. The molecule has 0 heterocycles. The molecule has 1 rings (SSSR count).